The molecule has 0 saturated carbocycles. The number of ether oxygens (including phenoxy) is 1. The van der Waals surface area contributed by atoms with Crippen LogP contribution in [0.5, 0.6) is 0 Å². The average molecular weight is 357 g/mol. The highest BCUT2D eigenvalue weighted by Crippen LogP contribution is 2.15. The summed E-state index contributed by atoms with van der Waals surface area (Å²) in [6.07, 6.45) is 0. The normalized spacial score (nSPS) is 10.1. The fourth-order valence-electron chi connectivity index (χ4n) is 1.47. The molecule has 0 radical (unpaired) electrons. The molecule has 18 heavy (non-hydrogen) atoms. The van der Waals surface area contributed by atoms with Gasteiger partial charge in [0.1, 0.15) is 5.76 Å². The van der Waals surface area contributed by atoms with Crippen LogP contribution in [0.15, 0.2) is 40.8 Å². The minimum Gasteiger partial charge on any atom is -0.463 e. The van der Waals surface area contributed by atoms with Gasteiger partial charge in [0.15, 0.2) is 0 Å². The van der Waals surface area contributed by atoms with E-state index in [0.29, 0.717) is 12.3 Å². The van der Waals surface area contributed by atoms with E-state index in [2.05, 4.69) is 32.6 Å². The first-order valence-corrected chi connectivity index (χ1v) is 6.43. The van der Waals surface area contributed by atoms with E-state index in [4.69, 9.17) is 4.42 Å². The van der Waals surface area contributed by atoms with E-state index in [1.54, 1.807) is 12.1 Å². The van der Waals surface area contributed by atoms with Crippen LogP contribution in [0.4, 0.5) is 5.69 Å². The first-order valence-electron chi connectivity index (χ1n) is 5.35. The number of furan rings is 1. The lowest BCUT2D eigenvalue weighted by Crippen LogP contribution is -2.00. The summed E-state index contributed by atoms with van der Waals surface area (Å²) >= 11 is 2.25. The van der Waals surface area contributed by atoms with Gasteiger partial charge in [0, 0.05) is 9.26 Å². The standard InChI is InChI=1S/C13H12INO3/c1-17-13(16)12-6-5-11(18-12)8-15-10-4-2-3-9(14)7-10/h2-7,15H,8H2,1H3. The molecule has 2 aromatic rings. The molecule has 2 rings (SSSR count). The van der Waals surface area contributed by atoms with Crippen LogP contribution in [-0.4, -0.2) is 13.1 Å². The number of carbonyl (C=O) groups excluding carboxylic acids is 1. The molecule has 5 heteroatoms. The van der Waals surface area contributed by atoms with Gasteiger partial charge < -0.3 is 14.5 Å². The molecule has 0 aliphatic rings. The van der Waals surface area contributed by atoms with Gasteiger partial charge in [-0.2, -0.15) is 0 Å². The summed E-state index contributed by atoms with van der Waals surface area (Å²) in [4.78, 5) is 11.2. The van der Waals surface area contributed by atoms with Crippen LogP contribution in [0, 0.1) is 3.57 Å². The van der Waals surface area contributed by atoms with Crippen molar-refractivity contribution < 1.29 is 13.9 Å². The van der Waals surface area contributed by atoms with Crippen molar-refractivity contribution in [3.8, 4) is 0 Å². The minimum absolute atomic E-state index is 0.219. The van der Waals surface area contributed by atoms with Crippen molar-refractivity contribution in [2.45, 2.75) is 6.54 Å². The Morgan fingerprint density at radius 1 is 1.39 bits per heavy atom. The molecule has 0 unspecified atom stereocenters. The Morgan fingerprint density at radius 3 is 2.94 bits per heavy atom. The lowest BCUT2D eigenvalue weighted by molar-refractivity contribution is 0.0563. The fourth-order valence-corrected chi connectivity index (χ4v) is 2.01. The molecular weight excluding hydrogens is 345 g/mol. The lowest BCUT2D eigenvalue weighted by Gasteiger charge is -2.04. The second kappa shape index (κ2) is 5.90. The zero-order chi connectivity index (χ0) is 13.0. The summed E-state index contributed by atoms with van der Waals surface area (Å²) in [5.74, 6) is 0.446. The number of methoxy groups -OCH3 is 1. The van der Waals surface area contributed by atoms with Crippen LogP contribution in [0.1, 0.15) is 16.3 Å². The van der Waals surface area contributed by atoms with E-state index in [1.165, 1.54) is 7.11 Å². The first kappa shape index (κ1) is 12.9. The molecule has 0 aliphatic heterocycles. The number of hydrogen-bond donors (Lipinski definition) is 1. The zero-order valence-electron chi connectivity index (χ0n) is 9.77. The predicted molar refractivity (Wildman–Crippen MR) is 76.5 cm³/mol. The molecule has 0 atom stereocenters. The van der Waals surface area contributed by atoms with Crippen LogP contribution >= 0.6 is 22.6 Å². The Balaban J connectivity index is 1.98. The van der Waals surface area contributed by atoms with Crippen molar-refractivity contribution in [3.05, 3.63) is 51.5 Å². The average Bonchev–Trinajstić information content (AvgIpc) is 2.84. The number of rotatable bonds is 4. The molecule has 0 amide bonds. The quantitative estimate of drug-likeness (QED) is 0.674. The van der Waals surface area contributed by atoms with E-state index in [1.807, 2.05) is 24.3 Å². The molecule has 0 fully saturated rings. The summed E-state index contributed by atoms with van der Waals surface area (Å²) in [7, 11) is 1.33. The number of carbonyl (C=O) groups is 1. The third kappa shape index (κ3) is 3.25. The Bertz CT molecular complexity index is 551. The largest absolute Gasteiger partial charge is 0.463 e. The van der Waals surface area contributed by atoms with Crippen molar-refractivity contribution >= 4 is 34.2 Å². The number of nitrogens with one attached hydrogen (secondary N) is 1. The molecular formula is C13H12INO3. The molecule has 4 nitrogen and oxygen atoms in total. The van der Waals surface area contributed by atoms with Gasteiger partial charge in [0.2, 0.25) is 5.76 Å². The maximum Gasteiger partial charge on any atom is 0.373 e. The van der Waals surface area contributed by atoms with Crippen molar-refractivity contribution in [2.75, 3.05) is 12.4 Å². The maximum absolute atomic E-state index is 11.2. The molecule has 1 N–H and O–H groups in total. The highest BCUT2D eigenvalue weighted by atomic mass is 127. The Kier molecular flexibility index (Phi) is 4.24. The van der Waals surface area contributed by atoms with Crippen molar-refractivity contribution in [2.24, 2.45) is 0 Å². The first-order chi connectivity index (χ1) is 8.69. The lowest BCUT2D eigenvalue weighted by atomic mass is 10.3. The number of anilines is 1. The predicted octanol–water partition coefficient (Wildman–Crippen LogP) is 3.28. The SMILES string of the molecule is COC(=O)c1ccc(CNc2cccc(I)c2)o1. The highest BCUT2D eigenvalue weighted by molar-refractivity contribution is 14.1. The summed E-state index contributed by atoms with van der Waals surface area (Å²) in [6.45, 7) is 0.525. The third-order valence-corrected chi connectivity index (χ3v) is 3.01. The van der Waals surface area contributed by atoms with Gasteiger partial charge in [0.05, 0.1) is 13.7 Å². The molecule has 0 bridgehead atoms. The second-order valence-electron chi connectivity index (χ2n) is 3.62. The van der Waals surface area contributed by atoms with Crippen molar-refractivity contribution in [3.63, 3.8) is 0 Å². The molecule has 1 aromatic carbocycles. The Hall–Kier alpha value is -1.50. The van der Waals surface area contributed by atoms with Gasteiger partial charge in [0.25, 0.3) is 0 Å². The Morgan fingerprint density at radius 2 is 2.22 bits per heavy atom. The van der Waals surface area contributed by atoms with E-state index < -0.39 is 5.97 Å². The summed E-state index contributed by atoms with van der Waals surface area (Å²) in [6, 6.07) is 11.4. The zero-order valence-corrected chi connectivity index (χ0v) is 11.9. The molecule has 0 aliphatic carbocycles. The summed E-state index contributed by atoms with van der Waals surface area (Å²) in [5, 5.41) is 3.22. The van der Waals surface area contributed by atoms with Crippen LogP contribution in [0.25, 0.3) is 0 Å². The molecule has 1 heterocycles. The fraction of sp³-hybridized carbons (Fsp3) is 0.154. The van der Waals surface area contributed by atoms with Gasteiger partial charge in [-0.05, 0) is 52.9 Å². The van der Waals surface area contributed by atoms with Crippen LogP contribution in [0.3, 0.4) is 0 Å². The molecule has 1 aromatic heterocycles. The van der Waals surface area contributed by atoms with E-state index in [-0.39, 0.29) is 5.76 Å². The number of hydrogen-bond acceptors (Lipinski definition) is 4. The van der Waals surface area contributed by atoms with Crippen molar-refractivity contribution in [1.82, 2.24) is 0 Å². The van der Waals surface area contributed by atoms with Crippen molar-refractivity contribution in [1.29, 1.82) is 0 Å². The van der Waals surface area contributed by atoms with Crippen LogP contribution in [0.2, 0.25) is 0 Å². The van der Waals surface area contributed by atoms with Crippen LogP contribution < -0.4 is 5.32 Å². The number of benzene rings is 1. The van der Waals surface area contributed by atoms with Gasteiger partial charge in [-0.3, -0.25) is 0 Å². The number of halogens is 1. The third-order valence-electron chi connectivity index (χ3n) is 2.34. The highest BCUT2D eigenvalue weighted by Gasteiger charge is 2.10. The maximum atomic E-state index is 11.2. The van der Waals surface area contributed by atoms with Gasteiger partial charge in [-0.15, -0.1) is 0 Å². The smallest absolute Gasteiger partial charge is 0.373 e. The Labute approximate surface area is 118 Å². The van der Waals surface area contributed by atoms with Gasteiger partial charge in [-0.1, -0.05) is 6.07 Å². The second-order valence-corrected chi connectivity index (χ2v) is 4.87. The molecule has 0 spiro atoms. The van der Waals surface area contributed by atoms with E-state index in [0.717, 1.165) is 9.26 Å². The summed E-state index contributed by atoms with van der Waals surface area (Å²) in [5.41, 5.74) is 1.01. The van der Waals surface area contributed by atoms with E-state index >= 15 is 0 Å². The molecule has 0 saturated heterocycles. The van der Waals surface area contributed by atoms with Crippen LogP contribution in [-0.2, 0) is 11.3 Å². The van der Waals surface area contributed by atoms with Gasteiger partial charge in [-0.25, -0.2) is 4.79 Å². The monoisotopic (exact) mass is 357 g/mol. The molecule has 94 valence electrons. The van der Waals surface area contributed by atoms with Gasteiger partial charge >= 0.3 is 5.97 Å². The van der Waals surface area contributed by atoms with E-state index in [9.17, 15) is 4.79 Å². The summed E-state index contributed by atoms with van der Waals surface area (Å²) < 4.78 is 11.1. The topological polar surface area (TPSA) is 51.5 Å². The number of esters is 1. The minimum atomic E-state index is -0.462.